The van der Waals surface area contributed by atoms with Gasteiger partial charge in [0.25, 0.3) is 0 Å². The molecule has 0 nitrogen and oxygen atoms in total. The average Bonchev–Trinajstić information content (AvgIpc) is 2.27. The summed E-state index contributed by atoms with van der Waals surface area (Å²) < 4.78 is 77.3. The van der Waals surface area contributed by atoms with Gasteiger partial charge in [0.2, 0.25) is 0 Å². The maximum atomic E-state index is 12.9. The summed E-state index contributed by atoms with van der Waals surface area (Å²) in [5, 5.41) is 0. The summed E-state index contributed by atoms with van der Waals surface area (Å²) in [4.78, 5) is 0. The van der Waals surface area contributed by atoms with Gasteiger partial charge < -0.3 is 0 Å². The maximum Gasteiger partial charge on any atom is 0.402 e. The van der Waals surface area contributed by atoms with E-state index in [0.717, 1.165) is 25.7 Å². The van der Waals surface area contributed by atoms with E-state index >= 15 is 0 Å². The molecule has 0 N–H and O–H groups in total. The highest BCUT2D eigenvalue weighted by Gasteiger charge is 2.68. The summed E-state index contributed by atoms with van der Waals surface area (Å²) >= 11 is 0. The molecular weight excluding hydrogens is 270 g/mol. The molecule has 1 atom stereocenters. The van der Waals surface area contributed by atoms with Crippen LogP contribution in [-0.4, -0.2) is 12.4 Å². The van der Waals surface area contributed by atoms with Crippen LogP contribution in [0.1, 0.15) is 45.4 Å². The standard InChI is InChI=1S/C13H18F6/c1-11(12(14,15)16,13(17,18)19)7-10-6-8-2-4-9(10)5-3-8/h8-10H,2-7H2,1H3. The highest BCUT2D eigenvalue weighted by Crippen LogP contribution is 2.57. The second-order valence-electron chi connectivity index (χ2n) is 6.31. The highest BCUT2D eigenvalue weighted by molar-refractivity contribution is 4.95. The SMILES string of the molecule is CC(CC1CC2CCC1CC2)(C(F)(F)F)C(F)(F)F. The minimum absolute atomic E-state index is 0.0500. The number of hydrogen-bond donors (Lipinski definition) is 0. The number of rotatable bonds is 2. The summed E-state index contributed by atoms with van der Waals surface area (Å²) in [6.45, 7) is 0.315. The molecule has 112 valence electrons. The van der Waals surface area contributed by atoms with Crippen molar-refractivity contribution in [3.8, 4) is 0 Å². The second kappa shape index (κ2) is 4.55. The van der Waals surface area contributed by atoms with Gasteiger partial charge in [-0.25, -0.2) is 0 Å². The van der Waals surface area contributed by atoms with Gasteiger partial charge in [-0.15, -0.1) is 0 Å². The fourth-order valence-electron chi connectivity index (χ4n) is 3.68. The quantitative estimate of drug-likeness (QED) is 0.602. The van der Waals surface area contributed by atoms with E-state index in [2.05, 4.69) is 0 Å². The molecule has 3 rings (SSSR count). The van der Waals surface area contributed by atoms with Crippen molar-refractivity contribution in [3.63, 3.8) is 0 Å². The van der Waals surface area contributed by atoms with Crippen molar-refractivity contribution in [3.05, 3.63) is 0 Å². The Morgan fingerprint density at radius 3 is 1.63 bits per heavy atom. The molecule has 19 heavy (non-hydrogen) atoms. The zero-order valence-electron chi connectivity index (χ0n) is 10.7. The number of hydrogen-bond acceptors (Lipinski definition) is 0. The lowest BCUT2D eigenvalue weighted by Gasteiger charge is -2.46. The lowest BCUT2D eigenvalue weighted by Crippen LogP contribution is -2.50. The first-order chi connectivity index (χ1) is 8.54. The Morgan fingerprint density at radius 1 is 0.842 bits per heavy atom. The molecule has 0 aliphatic heterocycles. The molecular formula is C13H18F6. The van der Waals surface area contributed by atoms with Crippen LogP contribution < -0.4 is 0 Å². The van der Waals surface area contributed by atoms with Gasteiger partial charge in [-0.05, 0) is 50.4 Å². The third-order valence-corrected chi connectivity index (χ3v) is 5.12. The Kier molecular flexibility index (Phi) is 3.59. The van der Waals surface area contributed by atoms with Gasteiger partial charge in [-0.3, -0.25) is 0 Å². The molecule has 3 saturated carbocycles. The average molecular weight is 288 g/mol. The van der Waals surface area contributed by atoms with Gasteiger partial charge in [0.15, 0.2) is 5.41 Å². The molecule has 0 aromatic heterocycles. The zero-order chi connectivity index (χ0) is 14.5. The predicted octanol–water partition coefficient (Wildman–Crippen LogP) is 5.33. The summed E-state index contributed by atoms with van der Waals surface area (Å²) in [6, 6.07) is 0. The van der Waals surface area contributed by atoms with Gasteiger partial charge in [0, 0.05) is 0 Å². The van der Waals surface area contributed by atoms with Crippen LogP contribution in [0.2, 0.25) is 0 Å². The van der Waals surface area contributed by atoms with Crippen molar-refractivity contribution in [1.82, 2.24) is 0 Å². The Balaban J connectivity index is 2.18. The van der Waals surface area contributed by atoms with E-state index in [0.29, 0.717) is 19.3 Å². The maximum absolute atomic E-state index is 12.9. The molecule has 6 heteroatoms. The summed E-state index contributed by atoms with van der Waals surface area (Å²) in [7, 11) is 0. The van der Waals surface area contributed by atoms with E-state index in [1.165, 1.54) is 0 Å². The minimum atomic E-state index is -5.23. The lowest BCUT2D eigenvalue weighted by atomic mass is 9.60. The first-order valence-electron chi connectivity index (χ1n) is 6.68. The monoisotopic (exact) mass is 288 g/mol. The fourth-order valence-corrected chi connectivity index (χ4v) is 3.68. The lowest BCUT2D eigenvalue weighted by molar-refractivity contribution is -0.341. The molecule has 0 aromatic carbocycles. The highest BCUT2D eigenvalue weighted by atomic mass is 19.4. The molecule has 0 radical (unpaired) electrons. The van der Waals surface area contributed by atoms with E-state index < -0.39 is 30.1 Å². The Hall–Kier alpha value is -0.420. The minimum Gasteiger partial charge on any atom is -0.170 e. The van der Waals surface area contributed by atoms with Crippen molar-refractivity contribution < 1.29 is 26.3 Å². The van der Waals surface area contributed by atoms with E-state index in [-0.39, 0.29) is 5.92 Å². The second-order valence-corrected chi connectivity index (χ2v) is 6.31. The molecule has 0 heterocycles. The normalized spacial score (nSPS) is 32.7. The summed E-state index contributed by atoms with van der Waals surface area (Å²) in [5.74, 6) is -0.0458. The third-order valence-electron chi connectivity index (χ3n) is 5.12. The molecule has 1 unspecified atom stereocenters. The van der Waals surface area contributed by atoms with Gasteiger partial charge >= 0.3 is 12.4 Å². The fraction of sp³-hybridized carbons (Fsp3) is 1.00. The largest absolute Gasteiger partial charge is 0.402 e. The van der Waals surface area contributed by atoms with Crippen LogP contribution in [0, 0.1) is 23.2 Å². The molecule has 3 aliphatic carbocycles. The Labute approximate surface area is 108 Å². The Morgan fingerprint density at radius 2 is 1.32 bits per heavy atom. The predicted molar refractivity (Wildman–Crippen MR) is 58.4 cm³/mol. The van der Waals surface area contributed by atoms with Gasteiger partial charge in [-0.1, -0.05) is 12.8 Å². The number of alkyl halides is 6. The third kappa shape index (κ3) is 2.59. The van der Waals surface area contributed by atoms with Crippen molar-refractivity contribution >= 4 is 0 Å². The summed E-state index contributed by atoms with van der Waals surface area (Å²) in [6.07, 6.45) is -7.22. The zero-order valence-corrected chi connectivity index (χ0v) is 10.7. The molecule has 3 fully saturated rings. The van der Waals surface area contributed by atoms with Crippen LogP contribution >= 0.6 is 0 Å². The van der Waals surface area contributed by atoms with Crippen LogP contribution in [0.15, 0.2) is 0 Å². The smallest absolute Gasteiger partial charge is 0.170 e. The van der Waals surface area contributed by atoms with Crippen LogP contribution in [0.5, 0.6) is 0 Å². The first kappa shape index (κ1) is 15.0. The first-order valence-corrected chi connectivity index (χ1v) is 6.68. The molecule has 0 saturated heterocycles. The van der Waals surface area contributed by atoms with Crippen LogP contribution in [0.3, 0.4) is 0 Å². The summed E-state index contributed by atoms with van der Waals surface area (Å²) in [5.41, 5.74) is -3.57. The van der Waals surface area contributed by atoms with Crippen LogP contribution in [0.25, 0.3) is 0 Å². The van der Waals surface area contributed by atoms with Gasteiger partial charge in [0.05, 0.1) is 0 Å². The topological polar surface area (TPSA) is 0 Å². The van der Waals surface area contributed by atoms with Crippen molar-refractivity contribution in [2.24, 2.45) is 23.2 Å². The van der Waals surface area contributed by atoms with E-state index in [1.54, 1.807) is 0 Å². The Bertz CT molecular complexity index is 307. The molecule has 0 amide bonds. The van der Waals surface area contributed by atoms with Crippen LogP contribution in [-0.2, 0) is 0 Å². The van der Waals surface area contributed by atoms with Crippen molar-refractivity contribution in [2.75, 3.05) is 0 Å². The molecule has 2 bridgehead atoms. The molecule has 0 aromatic rings. The van der Waals surface area contributed by atoms with Crippen molar-refractivity contribution in [1.29, 1.82) is 0 Å². The van der Waals surface area contributed by atoms with Gasteiger partial charge in [0.1, 0.15) is 0 Å². The molecule has 3 aliphatic rings. The van der Waals surface area contributed by atoms with Crippen molar-refractivity contribution in [2.45, 2.75) is 57.8 Å². The number of fused-ring (bicyclic) bond motifs is 3. The van der Waals surface area contributed by atoms with E-state index in [4.69, 9.17) is 0 Å². The van der Waals surface area contributed by atoms with Crippen LogP contribution in [0.4, 0.5) is 26.3 Å². The molecule has 0 spiro atoms. The van der Waals surface area contributed by atoms with E-state index in [9.17, 15) is 26.3 Å². The number of halogens is 6. The van der Waals surface area contributed by atoms with E-state index in [1.807, 2.05) is 0 Å². The van der Waals surface area contributed by atoms with Gasteiger partial charge in [-0.2, -0.15) is 26.3 Å².